The number of hydrogen-bond donors (Lipinski definition) is 1. The number of carbonyl (C=O) groups excluding carboxylic acids is 1. The lowest BCUT2D eigenvalue weighted by Gasteiger charge is -2.26. The molecule has 1 amide bonds. The molecule has 0 atom stereocenters. The van der Waals surface area contributed by atoms with E-state index >= 15 is 4.39 Å². The molecule has 3 heterocycles. The van der Waals surface area contributed by atoms with E-state index in [1.54, 1.807) is 49.8 Å². The number of ether oxygens (including phenoxy) is 5. The number of halogens is 2. The fourth-order valence-corrected chi connectivity index (χ4v) is 5.59. The van der Waals surface area contributed by atoms with Gasteiger partial charge in [-0.25, -0.2) is 13.5 Å². The second-order valence-corrected chi connectivity index (χ2v) is 12.2. The summed E-state index contributed by atoms with van der Waals surface area (Å²) >= 11 is 0. The maximum atomic E-state index is 15.4. The van der Waals surface area contributed by atoms with Crippen LogP contribution in [0.15, 0.2) is 73.1 Å². The number of aromatic nitrogens is 3. The van der Waals surface area contributed by atoms with Crippen molar-refractivity contribution < 1.29 is 37.3 Å². The Bertz CT molecular complexity index is 1960. The first kappa shape index (κ1) is 33.2. The number of nitrogens with zero attached hydrogens (tertiary/aromatic N) is 4. The van der Waals surface area contributed by atoms with Crippen molar-refractivity contribution in [2.24, 2.45) is 5.92 Å². The van der Waals surface area contributed by atoms with Crippen LogP contribution in [0.1, 0.15) is 29.8 Å². The van der Waals surface area contributed by atoms with Gasteiger partial charge in [-0.15, -0.1) is 0 Å². The first-order valence-corrected chi connectivity index (χ1v) is 16.6. The van der Waals surface area contributed by atoms with Gasteiger partial charge in [-0.2, -0.15) is 5.10 Å². The molecule has 2 fully saturated rings. The van der Waals surface area contributed by atoms with Gasteiger partial charge in [0.1, 0.15) is 11.6 Å². The molecule has 0 bridgehead atoms. The molecule has 0 spiro atoms. The van der Waals surface area contributed by atoms with Crippen LogP contribution in [0.25, 0.3) is 16.6 Å². The van der Waals surface area contributed by atoms with Crippen LogP contribution >= 0.6 is 0 Å². The maximum absolute atomic E-state index is 15.4. The van der Waals surface area contributed by atoms with E-state index in [9.17, 15) is 9.18 Å². The van der Waals surface area contributed by atoms with Crippen LogP contribution in [0.2, 0.25) is 0 Å². The number of benzene rings is 3. The molecule has 1 N–H and O–H groups in total. The molecular formula is C37H37F2N5O6. The third-order valence-corrected chi connectivity index (χ3v) is 8.53. The van der Waals surface area contributed by atoms with E-state index in [1.807, 2.05) is 0 Å². The van der Waals surface area contributed by atoms with Crippen LogP contribution in [0.4, 0.5) is 14.5 Å². The van der Waals surface area contributed by atoms with Crippen LogP contribution in [-0.4, -0.2) is 78.7 Å². The van der Waals surface area contributed by atoms with Gasteiger partial charge < -0.3 is 29.0 Å². The van der Waals surface area contributed by atoms with Gasteiger partial charge in [0.25, 0.3) is 5.91 Å². The molecule has 3 aromatic carbocycles. The van der Waals surface area contributed by atoms with E-state index in [4.69, 9.17) is 23.7 Å². The number of methoxy groups -OCH3 is 1. The minimum Gasteiger partial charge on any atom is -0.493 e. The largest absolute Gasteiger partial charge is 0.493 e. The molecule has 1 aliphatic heterocycles. The number of hydrogen-bond acceptors (Lipinski definition) is 9. The highest BCUT2D eigenvalue weighted by atomic mass is 19.1. The summed E-state index contributed by atoms with van der Waals surface area (Å²) in [6, 6.07) is 15.0. The molecule has 50 heavy (non-hydrogen) atoms. The average molecular weight is 686 g/mol. The molecule has 0 radical (unpaired) electrons. The van der Waals surface area contributed by atoms with Crippen molar-refractivity contribution in [3.63, 3.8) is 0 Å². The van der Waals surface area contributed by atoms with Gasteiger partial charge >= 0.3 is 0 Å². The molecule has 1 aliphatic carbocycles. The first-order chi connectivity index (χ1) is 24.4. The van der Waals surface area contributed by atoms with Gasteiger partial charge in [-0.3, -0.25) is 14.7 Å². The number of rotatable bonds is 14. The number of carbonyl (C=O) groups is 1. The monoisotopic (exact) mass is 685 g/mol. The van der Waals surface area contributed by atoms with Gasteiger partial charge in [-0.05, 0) is 73.7 Å². The van der Waals surface area contributed by atoms with E-state index in [0.717, 1.165) is 52.1 Å². The molecule has 2 aliphatic rings. The predicted molar refractivity (Wildman–Crippen MR) is 182 cm³/mol. The van der Waals surface area contributed by atoms with E-state index in [-0.39, 0.29) is 28.7 Å². The number of anilines is 1. The fraction of sp³-hybridized carbons (Fsp3) is 0.324. The minimum absolute atomic E-state index is 0.0216. The van der Waals surface area contributed by atoms with Crippen molar-refractivity contribution in [3.8, 4) is 34.4 Å². The molecule has 260 valence electrons. The Morgan fingerprint density at radius 2 is 1.76 bits per heavy atom. The van der Waals surface area contributed by atoms with E-state index in [0.29, 0.717) is 53.0 Å². The first-order valence-electron chi connectivity index (χ1n) is 16.6. The minimum atomic E-state index is -0.693. The van der Waals surface area contributed by atoms with Crippen molar-refractivity contribution in [2.75, 3.05) is 58.5 Å². The summed E-state index contributed by atoms with van der Waals surface area (Å²) in [5.41, 5.74) is 1.36. The smallest absolute Gasteiger partial charge is 0.280 e. The van der Waals surface area contributed by atoms with E-state index in [1.165, 1.54) is 35.0 Å². The number of morpholine rings is 1. The summed E-state index contributed by atoms with van der Waals surface area (Å²) in [7, 11) is 1.56. The Kier molecular flexibility index (Phi) is 10.0. The third-order valence-electron chi connectivity index (χ3n) is 8.53. The molecule has 2 aromatic heterocycles. The Morgan fingerprint density at radius 3 is 2.52 bits per heavy atom. The SMILES string of the molecule is COc1cc2c(Oc3ccc(NC(=O)c4nn(-c5ccc(F)cc5)cc4OCC4CC4)cc3F)ccnc2cc1OCCCN1CCOCC1. The Morgan fingerprint density at radius 1 is 0.940 bits per heavy atom. The lowest BCUT2D eigenvalue weighted by molar-refractivity contribution is 0.0357. The highest BCUT2D eigenvalue weighted by Gasteiger charge is 2.25. The highest BCUT2D eigenvalue weighted by molar-refractivity contribution is 6.04. The van der Waals surface area contributed by atoms with Gasteiger partial charge in [0.15, 0.2) is 34.5 Å². The van der Waals surface area contributed by atoms with Crippen molar-refractivity contribution in [1.82, 2.24) is 19.7 Å². The maximum Gasteiger partial charge on any atom is 0.280 e. The van der Waals surface area contributed by atoms with Crippen LogP contribution in [0, 0.1) is 17.6 Å². The van der Waals surface area contributed by atoms with Crippen LogP contribution in [0.3, 0.4) is 0 Å². The summed E-state index contributed by atoms with van der Waals surface area (Å²) < 4.78 is 59.4. The molecule has 1 saturated carbocycles. The highest BCUT2D eigenvalue weighted by Crippen LogP contribution is 2.38. The number of fused-ring (bicyclic) bond motifs is 1. The fourth-order valence-electron chi connectivity index (χ4n) is 5.59. The second kappa shape index (κ2) is 15.1. The van der Waals surface area contributed by atoms with Crippen LogP contribution < -0.4 is 24.3 Å². The Labute approximate surface area is 287 Å². The van der Waals surface area contributed by atoms with Gasteiger partial charge in [0.2, 0.25) is 0 Å². The molecule has 0 unspecified atom stereocenters. The predicted octanol–water partition coefficient (Wildman–Crippen LogP) is 6.64. The normalized spacial score (nSPS) is 14.8. The number of nitrogens with one attached hydrogen (secondary N) is 1. The van der Waals surface area contributed by atoms with Gasteiger partial charge in [-0.1, -0.05) is 0 Å². The molecule has 13 heteroatoms. The number of pyridine rings is 1. The van der Waals surface area contributed by atoms with E-state index < -0.39 is 11.7 Å². The van der Waals surface area contributed by atoms with Crippen molar-refractivity contribution >= 4 is 22.5 Å². The zero-order valence-electron chi connectivity index (χ0n) is 27.6. The summed E-state index contributed by atoms with van der Waals surface area (Å²) in [5.74, 6) is 0.424. The Hall–Kier alpha value is -5.27. The van der Waals surface area contributed by atoms with Crippen molar-refractivity contribution in [1.29, 1.82) is 0 Å². The van der Waals surface area contributed by atoms with Gasteiger partial charge in [0, 0.05) is 49.0 Å². The Balaban J connectivity index is 1.04. The second-order valence-electron chi connectivity index (χ2n) is 12.2. The molecule has 11 nitrogen and oxygen atoms in total. The molecule has 1 saturated heterocycles. The van der Waals surface area contributed by atoms with Gasteiger partial charge in [0.05, 0.1) is 50.9 Å². The van der Waals surface area contributed by atoms with Crippen LogP contribution in [-0.2, 0) is 4.74 Å². The van der Waals surface area contributed by atoms with Crippen molar-refractivity contribution in [3.05, 3.63) is 90.4 Å². The summed E-state index contributed by atoms with van der Waals surface area (Å²) in [6.45, 7) is 5.24. The molecule has 7 rings (SSSR count). The average Bonchev–Trinajstić information content (AvgIpc) is 3.87. The zero-order valence-corrected chi connectivity index (χ0v) is 27.6. The zero-order chi connectivity index (χ0) is 34.5. The molecule has 5 aromatic rings. The third kappa shape index (κ3) is 7.95. The van der Waals surface area contributed by atoms with Crippen LogP contribution in [0.5, 0.6) is 28.7 Å². The summed E-state index contributed by atoms with van der Waals surface area (Å²) in [6.07, 6.45) is 6.14. The van der Waals surface area contributed by atoms with E-state index in [2.05, 4.69) is 20.3 Å². The lowest BCUT2D eigenvalue weighted by atomic mass is 10.1. The number of amides is 1. The van der Waals surface area contributed by atoms with Crippen molar-refractivity contribution in [2.45, 2.75) is 19.3 Å². The summed E-state index contributed by atoms with van der Waals surface area (Å²) in [4.78, 5) is 20.2. The standard InChI is InChI=1S/C37H37F2N5O6/c1-46-33-20-28-30(21-34(33)48-16-2-13-43-14-17-47-18-15-43)40-12-11-31(28)50-32-10-7-26(19-29(32)39)41-37(45)36-35(49-23-24-3-4-24)22-44(42-36)27-8-5-25(38)6-9-27/h5-12,19-22,24H,2-4,13-18,23H2,1H3,(H,41,45). The topological polar surface area (TPSA) is 109 Å². The summed E-state index contributed by atoms with van der Waals surface area (Å²) in [5, 5.41) is 7.70. The molecular weight excluding hydrogens is 648 g/mol. The lowest BCUT2D eigenvalue weighted by Crippen LogP contribution is -2.37. The quantitative estimate of drug-likeness (QED) is 0.129.